The van der Waals surface area contributed by atoms with Crippen LogP contribution in [0, 0.1) is 0 Å². The van der Waals surface area contributed by atoms with Crippen LogP contribution in [0.4, 0.5) is 0 Å². The summed E-state index contributed by atoms with van der Waals surface area (Å²) < 4.78 is 10.6. The predicted octanol–water partition coefficient (Wildman–Crippen LogP) is 3.47. The van der Waals surface area contributed by atoms with Crippen LogP contribution in [0.3, 0.4) is 0 Å². The molecule has 0 atom stereocenters. The number of aromatic hydroxyl groups is 1. The largest absolute Gasteiger partial charge is 0.508 e. The van der Waals surface area contributed by atoms with E-state index in [1.165, 1.54) is 24.5 Å². The zero-order chi connectivity index (χ0) is 16.4. The van der Waals surface area contributed by atoms with Crippen molar-refractivity contribution in [3.05, 3.63) is 59.0 Å². The fraction of sp³-hybridized carbons (Fsp3) is 0.0588. The first-order chi connectivity index (χ1) is 11.1. The van der Waals surface area contributed by atoms with E-state index in [9.17, 15) is 14.7 Å². The Morgan fingerprint density at radius 3 is 2.61 bits per heavy atom. The number of hydrogen-bond acceptors (Lipinski definition) is 5. The summed E-state index contributed by atoms with van der Waals surface area (Å²) in [6.45, 7) is 0. The van der Waals surface area contributed by atoms with Crippen LogP contribution in [-0.2, 0) is 4.79 Å². The SMILES string of the molecule is O=C(CBr)Oc1ccc2c(=O)c(-c3ccc(O)cc3)coc2c1. The van der Waals surface area contributed by atoms with Gasteiger partial charge < -0.3 is 14.3 Å². The van der Waals surface area contributed by atoms with E-state index < -0.39 is 5.97 Å². The molecule has 0 aliphatic heterocycles. The van der Waals surface area contributed by atoms with Crippen LogP contribution < -0.4 is 10.2 Å². The zero-order valence-electron chi connectivity index (χ0n) is 11.8. The summed E-state index contributed by atoms with van der Waals surface area (Å²) in [6, 6.07) is 10.9. The van der Waals surface area contributed by atoms with E-state index in [0.29, 0.717) is 27.8 Å². The third-order valence-electron chi connectivity index (χ3n) is 3.27. The first-order valence-electron chi connectivity index (χ1n) is 6.70. The topological polar surface area (TPSA) is 76.7 Å². The number of carbonyl (C=O) groups excluding carboxylic acids is 1. The Kier molecular flexibility index (Phi) is 4.16. The number of alkyl halides is 1. The average Bonchev–Trinajstić information content (AvgIpc) is 2.56. The molecular weight excluding hydrogens is 364 g/mol. The number of halogens is 1. The van der Waals surface area contributed by atoms with Gasteiger partial charge in [0.25, 0.3) is 0 Å². The maximum Gasteiger partial charge on any atom is 0.321 e. The van der Waals surface area contributed by atoms with Crippen molar-refractivity contribution in [3.8, 4) is 22.6 Å². The average molecular weight is 375 g/mol. The van der Waals surface area contributed by atoms with E-state index in [1.807, 2.05) is 0 Å². The second-order valence-corrected chi connectivity index (χ2v) is 5.35. The minimum Gasteiger partial charge on any atom is -0.508 e. The van der Waals surface area contributed by atoms with Crippen LogP contribution in [0.25, 0.3) is 22.1 Å². The molecule has 0 aliphatic carbocycles. The van der Waals surface area contributed by atoms with Crippen LogP contribution >= 0.6 is 15.9 Å². The molecule has 6 heteroatoms. The number of hydrogen-bond donors (Lipinski definition) is 1. The van der Waals surface area contributed by atoms with Gasteiger partial charge in [-0.25, -0.2) is 0 Å². The van der Waals surface area contributed by atoms with Crippen molar-refractivity contribution in [2.75, 3.05) is 5.33 Å². The number of carbonyl (C=O) groups is 1. The number of phenols is 1. The van der Waals surface area contributed by atoms with Crippen molar-refractivity contribution >= 4 is 32.9 Å². The summed E-state index contributed by atoms with van der Waals surface area (Å²) in [5.41, 5.74) is 1.17. The first-order valence-corrected chi connectivity index (χ1v) is 7.82. The van der Waals surface area contributed by atoms with Crippen LogP contribution in [-0.4, -0.2) is 16.4 Å². The van der Waals surface area contributed by atoms with E-state index in [1.54, 1.807) is 24.3 Å². The van der Waals surface area contributed by atoms with Gasteiger partial charge in [0.15, 0.2) is 5.43 Å². The molecular formula is C17H11BrO5. The second-order valence-electron chi connectivity index (χ2n) is 4.79. The van der Waals surface area contributed by atoms with Crippen molar-refractivity contribution in [3.63, 3.8) is 0 Å². The highest BCUT2D eigenvalue weighted by Gasteiger charge is 2.11. The molecule has 1 N–H and O–H groups in total. The van der Waals surface area contributed by atoms with Gasteiger partial charge in [0.1, 0.15) is 28.7 Å². The van der Waals surface area contributed by atoms with Crippen molar-refractivity contribution in [2.24, 2.45) is 0 Å². The molecule has 0 spiro atoms. The van der Waals surface area contributed by atoms with E-state index in [2.05, 4.69) is 15.9 Å². The van der Waals surface area contributed by atoms with Crippen LogP contribution in [0.1, 0.15) is 0 Å². The molecule has 1 heterocycles. The molecule has 116 valence electrons. The Bertz CT molecular complexity index is 928. The zero-order valence-corrected chi connectivity index (χ0v) is 13.4. The van der Waals surface area contributed by atoms with Crippen LogP contribution in [0.5, 0.6) is 11.5 Å². The summed E-state index contributed by atoms with van der Waals surface area (Å²) in [5.74, 6) is -0.00734. The Balaban J connectivity index is 2.06. The molecule has 0 aliphatic rings. The predicted molar refractivity (Wildman–Crippen MR) is 89.0 cm³/mol. The first kappa shape index (κ1) is 15.3. The molecule has 0 bridgehead atoms. The van der Waals surface area contributed by atoms with Gasteiger partial charge in [-0.15, -0.1) is 0 Å². The van der Waals surface area contributed by atoms with Gasteiger partial charge in [-0.1, -0.05) is 28.1 Å². The second kappa shape index (κ2) is 6.26. The summed E-state index contributed by atoms with van der Waals surface area (Å²) in [5, 5.41) is 9.78. The van der Waals surface area contributed by atoms with Gasteiger partial charge in [0.05, 0.1) is 10.9 Å². The molecule has 3 rings (SSSR count). The number of rotatable bonds is 3. The molecule has 5 nitrogen and oxygen atoms in total. The Hall–Kier alpha value is -2.60. The van der Waals surface area contributed by atoms with E-state index >= 15 is 0 Å². The van der Waals surface area contributed by atoms with Gasteiger partial charge in [0.2, 0.25) is 0 Å². The van der Waals surface area contributed by atoms with Gasteiger partial charge in [-0.3, -0.25) is 9.59 Å². The third kappa shape index (κ3) is 3.12. The Labute approximate surface area is 139 Å². The van der Waals surface area contributed by atoms with E-state index in [-0.39, 0.29) is 16.5 Å². The highest BCUT2D eigenvalue weighted by molar-refractivity contribution is 9.09. The number of benzene rings is 2. The summed E-state index contributed by atoms with van der Waals surface area (Å²) >= 11 is 3.01. The molecule has 0 unspecified atom stereocenters. The van der Waals surface area contributed by atoms with Crippen LogP contribution in [0.2, 0.25) is 0 Å². The molecule has 3 aromatic rings. The summed E-state index contributed by atoms with van der Waals surface area (Å²) in [7, 11) is 0. The highest BCUT2D eigenvalue weighted by atomic mass is 79.9. The fourth-order valence-electron chi connectivity index (χ4n) is 2.17. The van der Waals surface area contributed by atoms with E-state index in [4.69, 9.17) is 9.15 Å². The highest BCUT2D eigenvalue weighted by Crippen LogP contribution is 2.24. The fourth-order valence-corrected chi connectivity index (χ4v) is 2.29. The standard InChI is InChI=1S/C17H11BrO5/c18-8-16(20)23-12-5-6-13-15(7-12)22-9-14(17(13)21)10-1-3-11(19)4-2-10/h1-7,9,19H,8H2. The molecule has 1 aromatic heterocycles. The minimum atomic E-state index is -0.438. The van der Waals surface area contributed by atoms with Crippen molar-refractivity contribution < 1.29 is 19.1 Å². The molecule has 0 amide bonds. The number of phenolic OH excluding ortho intramolecular Hbond substituents is 1. The lowest BCUT2D eigenvalue weighted by Crippen LogP contribution is -2.09. The van der Waals surface area contributed by atoms with Crippen molar-refractivity contribution in [1.29, 1.82) is 0 Å². The molecule has 23 heavy (non-hydrogen) atoms. The van der Waals surface area contributed by atoms with Gasteiger partial charge >= 0.3 is 5.97 Å². The lowest BCUT2D eigenvalue weighted by atomic mass is 10.1. The Morgan fingerprint density at radius 1 is 1.17 bits per heavy atom. The maximum atomic E-state index is 12.6. The monoisotopic (exact) mass is 374 g/mol. The molecule has 0 radical (unpaired) electrons. The minimum absolute atomic E-state index is 0.0782. The van der Waals surface area contributed by atoms with Crippen molar-refractivity contribution in [1.82, 2.24) is 0 Å². The normalized spacial score (nSPS) is 10.7. The summed E-state index contributed by atoms with van der Waals surface area (Å²) in [4.78, 5) is 23.8. The maximum absolute atomic E-state index is 12.6. The van der Waals surface area contributed by atoms with Gasteiger partial charge in [0, 0.05) is 6.07 Å². The van der Waals surface area contributed by atoms with E-state index in [0.717, 1.165) is 0 Å². The Morgan fingerprint density at radius 2 is 1.91 bits per heavy atom. The molecule has 0 saturated carbocycles. The quantitative estimate of drug-likeness (QED) is 0.431. The van der Waals surface area contributed by atoms with Gasteiger partial charge in [-0.2, -0.15) is 0 Å². The number of fused-ring (bicyclic) bond motifs is 1. The smallest absolute Gasteiger partial charge is 0.321 e. The third-order valence-corrected chi connectivity index (χ3v) is 3.72. The molecule has 2 aromatic carbocycles. The molecule has 0 saturated heterocycles. The lowest BCUT2D eigenvalue weighted by molar-refractivity contribution is -0.131. The van der Waals surface area contributed by atoms with Gasteiger partial charge in [-0.05, 0) is 29.8 Å². The number of ether oxygens (including phenoxy) is 1. The molecule has 0 fully saturated rings. The summed E-state index contributed by atoms with van der Waals surface area (Å²) in [6.07, 6.45) is 1.35. The van der Waals surface area contributed by atoms with Crippen molar-refractivity contribution in [2.45, 2.75) is 0 Å². The number of esters is 1. The lowest BCUT2D eigenvalue weighted by Gasteiger charge is -2.05. The van der Waals surface area contributed by atoms with Crippen LogP contribution in [0.15, 0.2) is 57.9 Å².